The van der Waals surface area contributed by atoms with Crippen LogP contribution in [0.15, 0.2) is 54.7 Å². The maximum Gasteiger partial charge on any atom is 0.229 e. The van der Waals surface area contributed by atoms with Crippen LogP contribution in [0.5, 0.6) is 5.75 Å². The van der Waals surface area contributed by atoms with Gasteiger partial charge in [0.05, 0.1) is 28.5 Å². The summed E-state index contributed by atoms with van der Waals surface area (Å²) in [6.07, 6.45) is 1.64. The molecule has 0 aliphatic carbocycles. The fourth-order valence-corrected chi connectivity index (χ4v) is 2.60. The molecule has 0 aliphatic heterocycles. The summed E-state index contributed by atoms with van der Waals surface area (Å²) in [5.74, 6) is 1.71. The predicted molar refractivity (Wildman–Crippen MR) is 98.1 cm³/mol. The maximum atomic E-state index is 6.15. The van der Waals surface area contributed by atoms with Gasteiger partial charge < -0.3 is 15.4 Å². The summed E-state index contributed by atoms with van der Waals surface area (Å²) in [6.45, 7) is 0. The third-order valence-corrected chi connectivity index (χ3v) is 3.85. The molecule has 2 N–H and O–H groups in total. The second-order valence-corrected chi connectivity index (χ2v) is 5.63. The van der Waals surface area contributed by atoms with Gasteiger partial charge >= 0.3 is 0 Å². The first-order valence-electron chi connectivity index (χ1n) is 7.11. The number of nitrogens with one attached hydrogen (secondary N) is 2. The molecular formula is C17H14Cl2N4O. The number of rotatable bonds is 5. The molecule has 122 valence electrons. The van der Waals surface area contributed by atoms with E-state index in [2.05, 4.69) is 20.6 Å². The van der Waals surface area contributed by atoms with Crippen molar-refractivity contribution in [3.63, 3.8) is 0 Å². The van der Waals surface area contributed by atoms with Gasteiger partial charge in [-0.2, -0.15) is 4.98 Å². The van der Waals surface area contributed by atoms with E-state index < -0.39 is 0 Å². The number of aromatic nitrogens is 2. The Balaban J connectivity index is 1.84. The van der Waals surface area contributed by atoms with Gasteiger partial charge in [0.2, 0.25) is 5.95 Å². The Kier molecular flexibility index (Phi) is 5.03. The van der Waals surface area contributed by atoms with E-state index in [0.29, 0.717) is 27.5 Å². The highest BCUT2D eigenvalue weighted by Crippen LogP contribution is 2.32. The number of ether oxygens (including phenoxy) is 1. The summed E-state index contributed by atoms with van der Waals surface area (Å²) in [7, 11) is 1.62. The van der Waals surface area contributed by atoms with Gasteiger partial charge in [-0.25, -0.2) is 4.98 Å². The zero-order valence-electron chi connectivity index (χ0n) is 12.8. The van der Waals surface area contributed by atoms with Crippen LogP contribution >= 0.6 is 23.2 Å². The van der Waals surface area contributed by atoms with Crippen LogP contribution in [0.25, 0.3) is 0 Å². The molecule has 5 nitrogen and oxygen atoms in total. The quantitative estimate of drug-likeness (QED) is 0.648. The normalized spacial score (nSPS) is 10.3. The third-order valence-electron chi connectivity index (χ3n) is 3.22. The van der Waals surface area contributed by atoms with Crippen LogP contribution in [0.3, 0.4) is 0 Å². The molecular weight excluding hydrogens is 347 g/mol. The molecule has 0 aliphatic rings. The highest BCUT2D eigenvalue weighted by Gasteiger charge is 2.08. The number of hydrogen-bond acceptors (Lipinski definition) is 5. The Morgan fingerprint density at radius 3 is 2.42 bits per heavy atom. The summed E-state index contributed by atoms with van der Waals surface area (Å²) < 4.78 is 5.32. The second kappa shape index (κ2) is 7.38. The summed E-state index contributed by atoms with van der Waals surface area (Å²) in [5.41, 5.74) is 1.37. The van der Waals surface area contributed by atoms with E-state index in [-0.39, 0.29) is 0 Å². The molecule has 0 amide bonds. The first-order valence-corrected chi connectivity index (χ1v) is 7.87. The molecule has 0 bridgehead atoms. The monoisotopic (exact) mass is 360 g/mol. The molecule has 24 heavy (non-hydrogen) atoms. The molecule has 0 radical (unpaired) electrons. The predicted octanol–water partition coefficient (Wildman–Crippen LogP) is 5.28. The van der Waals surface area contributed by atoms with E-state index in [1.165, 1.54) is 0 Å². The second-order valence-electron chi connectivity index (χ2n) is 4.81. The van der Waals surface area contributed by atoms with E-state index in [1.54, 1.807) is 37.6 Å². The Morgan fingerprint density at radius 2 is 1.67 bits per heavy atom. The molecule has 3 rings (SSSR count). The van der Waals surface area contributed by atoms with Crippen molar-refractivity contribution in [2.24, 2.45) is 0 Å². The van der Waals surface area contributed by atoms with Crippen molar-refractivity contribution < 1.29 is 4.74 Å². The zero-order chi connectivity index (χ0) is 16.9. The molecule has 1 heterocycles. The largest absolute Gasteiger partial charge is 0.495 e. The zero-order valence-corrected chi connectivity index (χ0v) is 14.3. The SMILES string of the molecule is COc1ccccc1Nc1ccnc(Nc2c(Cl)cccc2Cl)n1. The lowest BCUT2D eigenvalue weighted by Crippen LogP contribution is -2.02. The van der Waals surface area contributed by atoms with Crippen molar-refractivity contribution in [1.29, 1.82) is 0 Å². The Labute approximate surface area is 149 Å². The van der Waals surface area contributed by atoms with Crippen LogP contribution in [0.1, 0.15) is 0 Å². The summed E-state index contributed by atoms with van der Waals surface area (Å²) in [4.78, 5) is 8.61. The first kappa shape index (κ1) is 16.4. The average molecular weight is 361 g/mol. The lowest BCUT2D eigenvalue weighted by atomic mass is 10.3. The topological polar surface area (TPSA) is 59.1 Å². The summed E-state index contributed by atoms with van der Waals surface area (Å²) in [6, 6.07) is 14.6. The van der Waals surface area contributed by atoms with Gasteiger partial charge in [0, 0.05) is 6.20 Å². The van der Waals surface area contributed by atoms with Crippen LogP contribution in [-0.4, -0.2) is 17.1 Å². The minimum atomic E-state index is 0.380. The number of nitrogens with zero attached hydrogens (tertiary/aromatic N) is 2. The highest BCUT2D eigenvalue weighted by molar-refractivity contribution is 6.39. The lowest BCUT2D eigenvalue weighted by Gasteiger charge is -2.12. The standard InChI is InChI=1S/C17H14Cl2N4O/c1-24-14-8-3-2-7-13(14)21-15-9-10-20-17(22-15)23-16-11(18)5-4-6-12(16)19/h2-10H,1H3,(H2,20,21,22,23). The van der Waals surface area contributed by atoms with Crippen LogP contribution in [0.2, 0.25) is 10.0 Å². The van der Waals surface area contributed by atoms with E-state index in [9.17, 15) is 0 Å². The molecule has 0 fully saturated rings. The van der Waals surface area contributed by atoms with Crippen molar-refractivity contribution >= 4 is 46.3 Å². The maximum absolute atomic E-state index is 6.15. The van der Waals surface area contributed by atoms with Crippen LogP contribution in [-0.2, 0) is 0 Å². The number of hydrogen-bond donors (Lipinski definition) is 2. The van der Waals surface area contributed by atoms with Crippen molar-refractivity contribution in [3.8, 4) is 5.75 Å². The molecule has 7 heteroatoms. The van der Waals surface area contributed by atoms with E-state index >= 15 is 0 Å². The van der Waals surface area contributed by atoms with Crippen molar-refractivity contribution in [2.75, 3.05) is 17.7 Å². The smallest absolute Gasteiger partial charge is 0.229 e. The van der Waals surface area contributed by atoms with Gasteiger partial charge in [-0.05, 0) is 30.3 Å². The van der Waals surface area contributed by atoms with Gasteiger partial charge in [-0.3, -0.25) is 0 Å². The molecule has 0 unspecified atom stereocenters. The first-order chi connectivity index (χ1) is 11.7. The van der Waals surface area contributed by atoms with Crippen LogP contribution in [0, 0.1) is 0 Å². The molecule has 3 aromatic rings. The molecule has 2 aromatic carbocycles. The van der Waals surface area contributed by atoms with Gasteiger partial charge in [0.15, 0.2) is 0 Å². The molecule has 0 spiro atoms. The minimum absolute atomic E-state index is 0.380. The van der Waals surface area contributed by atoms with Crippen LogP contribution < -0.4 is 15.4 Å². The number of para-hydroxylation sites is 3. The van der Waals surface area contributed by atoms with Gasteiger partial charge in [-0.15, -0.1) is 0 Å². The lowest BCUT2D eigenvalue weighted by molar-refractivity contribution is 0.417. The third kappa shape index (κ3) is 3.69. The van der Waals surface area contributed by atoms with Crippen molar-refractivity contribution in [3.05, 3.63) is 64.8 Å². The Hall–Kier alpha value is -2.50. The van der Waals surface area contributed by atoms with Gasteiger partial charge in [-0.1, -0.05) is 41.4 Å². The van der Waals surface area contributed by atoms with Crippen molar-refractivity contribution in [1.82, 2.24) is 9.97 Å². The minimum Gasteiger partial charge on any atom is -0.495 e. The van der Waals surface area contributed by atoms with E-state index in [4.69, 9.17) is 27.9 Å². The highest BCUT2D eigenvalue weighted by atomic mass is 35.5. The van der Waals surface area contributed by atoms with Crippen LogP contribution in [0.4, 0.5) is 23.1 Å². The summed E-state index contributed by atoms with van der Waals surface area (Å²) in [5, 5.41) is 7.22. The number of halogens is 2. The molecule has 0 saturated heterocycles. The fraction of sp³-hybridized carbons (Fsp3) is 0.0588. The number of anilines is 4. The molecule has 0 atom stereocenters. The van der Waals surface area contributed by atoms with E-state index in [1.807, 2.05) is 24.3 Å². The average Bonchev–Trinajstić information content (AvgIpc) is 2.59. The van der Waals surface area contributed by atoms with Gasteiger partial charge in [0.25, 0.3) is 0 Å². The summed E-state index contributed by atoms with van der Waals surface area (Å²) >= 11 is 12.3. The van der Waals surface area contributed by atoms with E-state index in [0.717, 1.165) is 11.4 Å². The van der Waals surface area contributed by atoms with Crippen molar-refractivity contribution in [2.45, 2.75) is 0 Å². The molecule has 1 aromatic heterocycles. The number of benzene rings is 2. The molecule has 0 saturated carbocycles. The number of methoxy groups -OCH3 is 1. The fourth-order valence-electron chi connectivity index (χ4n) is 2.10. The Morgan fingerprint density at radius 1 is 0.917 bits per heavy atom. The van der Waals surface area contributed by atoms with Gasteiger partial charge in [0.1, 0.15) is 11.6 Å². The Bertz CT molecular complexity index is 837.